The van der Waals surface area contributed by atoms with E-state index in [0.717, 1.165) is 21.7 Å². The number of rotatable bonds is 15. The summed E-state index contributed by atoms with van der Waals surface area (Å²) in [5, 5.41) is 31.6. The molecule has 0 bridgehead atoms. The standard InChI is InChI=1S/C53H58ClN7O8S/c1-30-43(70-29-58-30)32-11-9-31(10-12-32)26-56-47(66)41-23-36(62)28-61(41)48(67)44(51(2,3)4)59-42(63)27-57-45(64)33-13-18-37(19-14-33)68-38-20-15-34(16-21-38)46(65)60-49-52(5,6)50(53(49,7)8)69-39-22-17-35(25-55)40(54)24-39/h9-22,24,29,36,41,44,49-50,62H,23,26-28H2,1-8H3,(H,56,66)(H,57,64)(H,59,63)(H,60,65)/t36-,41+,44-,49-,50-/m1/s1. The first-order valence-corrected chi connectivity index (χ1v) is 24.2. The third-order valence-corrected chi connectivity index (χ3v) is 14.3. The molecule has 70 heavy (non-hydrogen) atoms. The first kappa shape index (κ1) is 51.1. The van der Waals surface area contributed by atoms with Crippen molar-refractivity contribution in [2.45, 2.75) is 98.7 Å². The number of hydrogen-bond donors (Lipinski definition) is 5. The van der Waals surface area contributed by atoms with E-state index in [1.165, 1.54) is 4.90 Å². The summed E-state index contributed by atoms with van der Waals surface area (Å²) >= 11 is 7.79. The molecule has 1 aliphatic carbocycles. The lowest BCUT2D eigenvalue weighted by Gasteiger charge is -2.63. The fourth-order valence-corrected chi connectivity index (χ4v) is 10.6. The predicted octanol–water partition coefficient (Wildman–Crippen LogP) is 7.59. The summed E-state index contributed by atoms with van der Waals surface area (Å²) in [7, 11) is 0. The van der Waals surface area contributed by atoms with E-state index >= 15 is 0 Å². The second kappa shape index (κ2) is 20.7. The Balaban J connectivity index is 0.877. The molecule has 15 nitrogen and oxygen atoms in total. The van der Waals surface area contributed by atoms with Gasteiger partial charge in [-0.25, -0.2) is 4.98 Å². The number of carbonyl (C=O) groups is 5. The van der Waals surface area contributed by atoms with E-state index in [9.17, 15) is 34.3 Å². The first-order chi connectivity index (χ1) is 33.1. The Labute approximate surface area is 416 Å². The quantitative estimate of drug-likeness (QED) is 0.0694. The number of hydrogen-bond acceptors (Lipinski definition) is 11. The molecule has 5 aromatic rings. The molecule has 2 heterocycles. The molecular weight excluding hydrogens is 930 g/mol. The number of likely N-dealkylation sites (tertiary alicyclic amines) is 1. The zero-order valence-electron chi connectivity index (χ0n) is 40.4. The second-order valence-corrected chi connectivity index (χ2v) is 21.3. The number of aryl methyl sites for hydroxylation is 1. The maximum atomic E-state index is 14.1. The number of aromatic nitrogens is 1. The van der Waals surface area contributed by atoms with Crippen LogP contribution in [0.1, 0.15) is 92.4 Å². The molecule has 1 saturated carbocycles. The van der Waals surface area contributed by atoms with Gasteiger partial charge < -0.3 is 40.7 Å². The Morgan fingerprint density at radius 1 is 0.886 bits per heavy atom. The number of nitrogens with one attached hydrogen (secondary N) is 4. The number of carbonyl (C=O) groups excluding carboxylic acids is 5. The highest BCUT2D eigenvalue weighted by Crippen LogP contribution is 2.55. The summed E-state index contributed by atoms with van der Waals surface area (Å²) in [6, 6.07) is 25.5. The minimum Gasteiger partial charge on any atom is -0.489 e. The fourth-order valence-electron chi connectivity index (χ4n) is 9.55. The van der Waals surface area contributed by atoms with Crippen LogP contribution in [0.2, 0.25) is 5.02 Å². The van der Waals surface area contributed by atoms with Crippen LogP contribution >= 0.6 is 22.9 Å². The van der Waals surface area contributed by atoms with Crippen molar-refractivity contribution in [2.24, 2.45) is 16.2 Å². The van der Waals surface area contributed by atoms with Crippen molar-refractivity contribution in [3.8, 4) is 33.8 Å². The van der Waals surface area contributed by atoms with Gasteiger partial charge in [0.1, 0.15) is 41.5 Å². The minimum absolute atomic E-state index is 0.0497. The number of aliphatic hydroxyl groups is 1. The minimum atomic E-state index is -1.07. The van der Waals surface area contributed by atoms with E-state index in [1.54, 1.807) is 104 Å². The Bertz CT molecular complexity index is 2780. The Kier molecular flexibility index (Phi) is 15.1. The van der Waals surface area contributed by atoms with Crippen molar-refractivity contribution in [2.75, 3.05) is 13.1 Å². The van der Waals surface area contributed by atoms with Gasteiger partial charge in [-0.05, 0) is 84.1 Å². The molecule has 0 radical (unpaired) electrons. The van der Waals surface area contributed by atoms with Gasteiger partial charge in [0.15, 0.2) is 0 Å². The van der Waals surface area contributed by atoms with Crippen LogP contribution in [0.4, 0.5) is 0 Å². The van der Waals surface area contributed by atoms with Gasteiger partial charge in [-0.15, -0.1) is 11.3 Å². The average molecular weight is 989 g/mol. The van der Waals surface area contributed by atoms with Gasteiger partial charge in [0.05, 0.1) is 39.3 Å². The van der Waals surface area contributed by atoms with Crippen LogP contribution < -0.4 is 30.7 Å². The molecule has 3 atom stereocenters. The van der Waals surface area contributed by atoms with Crippen molar-refractivity contribution in [1.82, 2.24) is 31.2 Å². The molecule has 5 N–H and O–H groups in total. The third kappa shape index (κ3) is 11.3. The van der Waals surface area contributed by atoms with Gasteiger partial charge >= 0.3 is 0 Å². The molecule has 17 heteroatoms. The molecular formula is C53H58ClN7O8S. The van der Waals surface area contributed by atoms with Gasteiger partial charge in [0, 0.05) is 53.6 Å². The summed E-state index contributed by atoms with van der Waals surface area (Å²) < 4.78 is 12.3. The lowest BCUT2D eigenvalue weighted by molar-refractivity contribution is -0.164. The molecule has 5 amide bonds. The lowest BCUT2D eigenvalue weighted by Crippen LogP contribution is -2.74. The van der Waals surface area contributed by atoms with Crippen LogP contribution in [0.15, 0.2) is 96.5 Å². The van der Waals surface area contributed by atoms with Crippen LogP contribution in [-0.4, -0.2) is 87.9 Å². The van der Waals surface area contributed by atoms with Gasteiger partial charge in [-0.1, -0.05) is 84.3 Å². The normalized spacial score (nSPS) is 19.4. The number of halogens is 1. The largest absolute Gasteiger partial charge is 0.489 e. The van der Waals surface area contributed by atoms with Crippen molar-refractivity contribution in [1.29, 1.82) is 5.26 Å². The van der Waals surface area contributed by atoms with E-state index in [-0.39, 0.29) is 43.1 Å². The lowest BCUT2D eigenvalue weighted by atomic mass is 9.49. The van der Waals surface area contributed by atoms with Crippen molar-refractivity contribution in [3.05, 3.63) is 129 Å². The zero-order chi connectivity index (χ0) is 50.7. The molecule has 1 aromatic heterocycles. The van der Waals surface area contributed by atoms with E-state index in [4.69, 9.17) is 21.1 Å². The SMILES string of the molecule is Cc1ncsc1-c1ccc(CNC(=O)[C@@H]2C[C@@H](O)CN2C(=O)[C@@H](NC(=O)CNC(=O)c2ccc(Oc3ccc(C(=O)N[C@H]4C(C)(C)[C@H](Oc5ccc(C#N)c(Cl)c5)C4(C)C)cc3)cc2)C(C)(C)C)cc1. The summed E-state index contributed by atoms with van der Waals surface area (Å²) in [6.07, 6.45) is -1.12. The first-order valence-electron chi connectivity index (χ1n) is 22.9. The Morgan fingerprint density at radius 2 is 1.49 bits per heavy atom. The molecule has 7 rings (SSSR count). The number of nitrogens with zero attached hydrogens (tertiary/aromatic N) is 3. The fraction of sp³-hybridized carbons (Fsp3) is 0.377. The maximum Gasteiger partial charge on any atom is 0.251 e. The summed E-state index contributed by atoms with van der Waals surface area (Å²) in [5.74, 6) is -0.879. The molecule has 1 saturated heterocycles. The summed E-state index contributed by atoms with van der Waals surface area (Å²) in [6.45, 7) is 15.2. The number of ether oxygens (including phenoxy) is 2. The second-order valence-electron chi connectivity index (χ2n) is 20.1. The van der Waals surface area contributed by atoms with E-state index < -0.39 is 64.6 Å². The van der Waals surface area contributed by atoms with Crippen molar-refractivity contribution < 1.29 is 38.6 Å². The topological polar surface area (TPSA) is 212 Å². The van der Waals surface area contributed by atoms with Crippen LogP contribution in [0.25, 0.3) is 10.4 Å². The summed E-state index contributed by atoms with van der Waals surface area (Å²) in [5.41, 5.74) is 4.05. The summed E-state index contributed by atoms with van der Waals surface area (Å²) in [4.78, 5) is 74.1. The van der Waals surface area contributed by atoms with Gasteiger partial charge in [0.2, 0.25) is 17.7 Å². The van der Waals surface area contributed by atoms with Crippen molar-refractivity contribution in [3.63, 3.8) is 0 Å². The molecule has 366 valence electrons. The molecule has 4 aromatic carbocycles. The van der Waals surface area contributed by atoms with Crippen LogP contribution in [-0.2, 0) is 20.9 Å². The smallest absolute Gasteiger partial charge is 0.251 e. The third-order valence-electron chi connectivity index (χ3n) is 13.0. The molecule has 0 spiro atoms. The van der Waals surface area contributed by atoms with E-state index in [0.29, 0.717) is 33.4 Å². The van der Waals surface area contributed by atoms with Gasteiger partial charge in [-0.3, -0.25) is 24.0 Å². The van der Waals surface area contributed by atoms with Crippen LogP contribution in [0.3, 0.4) is 0 Å². The Morgan fingerprint density at radius 3 is 2.04 bits per heavy atom. The van der Waals surface area contributed by atoms with E-state index in [2.05, 4.69) is 26.3 Å². The molecule has 2 aliphatic rings. The van der Waals surface area contributed by atoms with Gasteiger partial charge in [0.25, 0.3) is 11.8 Å². The number of β-amino-alcohol motifs (C(OH)–C–C–N with tert-alkyl or cyclic N) is 1. The number of thiazole rings is 1. The number of nitriles is 1. The van der Waals surface area contributed by atoms with Gasteiger partial charge in [-0.2, -0.15) is 5.26 Å². The highest BCUT2D eigenvalue weighted by molar-refractivity contribution is 7.13. The molecule has 0 unspecified atom stereocenters. The van der Waals surface area contributed by atoms with Crippen LogP contribution in [0, 0.1) is 34.5 Å². The maximum absolute atomic E-state index is 14.1. The number of aliphatic hydroxyl groups excluding tert-OH is 1. The Hall–Kier alpha value is -6.80. The predicted molar refractivity (Wildman–Crippen MR) is 266 cm³/mol. The number of benzene rings is 4. The van der Waals surface area contributed by atoms with Crippen LogP contribution in [0.5, 0.6) is 17.2 Å². The monoisotopic (exact) mass is 987 g/mol. The highest BCUT2D eigenvalue weighted by Gasteiger charge is 2.64. The number of amides is 5. The highest BCUT2D eigenvalue weighted by atomic mass is 35.5. The molecule has 2 fully saturated rings. The molecule has 1 aliphatic heterocycles. The zero-order valence-corrected chi connectivity index (χ0v) is 42.0. The van der Waals surface area contributed by atoms with Crippen molar-refractivity contribution >= 4 is 52.5 Å². The van der Waals surface area contributed by atoms with E-state index in [1.807, 2.05) is 65.0 Å². The average Bonchev–Trinajstić information content (AvgIpc) is 3.94.